The second-order valence-electron chi connectivity index (χ2n) is 7.03. The molecule has 0 aliphatic carbocycles. The van der Waals surface area contributed by atoms with Gasteiger partial charge in [0, 0.05) is 43.4 Å². The summed E-state index contributed by atoms with van der Waals surface area (Å²) in [6, 6.07) is 12.3. The second-order valence-corrected chi connectivity index (χ2v) is 8.82. The molecule has 0 radical (unpaired) electrons. The van der Waals surface area contributed by atoms with Crippen molar-refractivity contribution >= 4 is 38.2 Å². The van der Waals surface area contributed by atoms with Gasteiger partial charge in [0.15, 0.2) is 12.4 Å². The van der Waals surface area contributed by atoms with Gasteiger partial charge in [-0.1, -0.05) is 12.1 Å². The molecule has 1 saturated heterocycles. The van der Waals surface area contributed by atoms with E-state index in [2.05, 4.69) is 15.5 Å². The maximum Gasteiger partial charge on any atom is 0.271 e. The van der Waals surface area contributed by atoms with Crippen LogP contribution in [-0.2, 0) is 14.8 Å². The van der Waals surface area contributed by atoms with Gasteiger partial charge in [0.25, 0.3) is 15.9 Å². The number of aromatic nitrogens is 1. The number of ether oxygens (including phenoxy) is 1. The van der Waals surface area contributed by atoms with Crippen molar-refractivity contribution in [1.82, 2.24) is 9.29 Å². The Hall–Kier alpha value is -3.04. The normalized spacial score (nSPS) is 17.0. The maximum atomic E-state index is 13.5. The average molecular weight is 412 g/mol. The number of rotatable bonds is 3. The highest BCUT2D eigenvalue weighted by Gasteiger charge is 2.29. The van der Waals surface area contributed by atoms with Crippen molar-refractivity contribution in [2.24, 2.45) is 0 Å². The summed E-state index contributed by atoms with van der Waals surface area (Å²) in [4.78, 5) is 13.9. The van der Waals surface area contributed by atoms with E-state index in [9.17, 15) is 13.2 Å². The molecular weight excluding hydrogens is 392 g/mol. The van der Waals surface area contributed by atoms with Crippen LogP contribution in [0.25, 0.3) is 10.9 Å². The molecular formula is C20H20N4O4S. The average Bonchev–Trinajstić information content (AvgIpc) is 3.19. The molecule has 2 N–H and O–H groups in total. The monoisotopic (exact) mass is 412 g/mol. The Bertz CT molecular complexity index is 1210. The van der Waals surface area contributed by atoms with E-state index in [0.29, 0.717) is 11.2 Å². The fraction of sp³-hybridized carbons (Fsp3) is 0.250. The fourth-order valence-electron chi connectivity index (χ4n) is 3.91. The summed E-state index contributed by atoms with van der Waals surface area (Å²) in [5.41, 5.74) is 2.00. The van der Waals surface area contributed by atoms with Crippen molar-refractivity contribution in [1.29, 1.82) is 0 Å². The molecule has 5 rings (SSSR count). The Morgan fingerprint density at radius 2 is 1.79 bits per heavy atom. The number of carbonyl (C=O) groups is 1. The summed E-state index contributed by atoms with van der Waals surface area (Å²) >= 11 is 0. The van der Waals surface area contributed by atoms with Crippen molar-refractivity contribution in [3.63, 3.8) is 0 Å². The standard InChI is InChI=1S/C20H20N4O4S/c25-19-13-28-20-15(22-19)3-1-6-18(20)29(26,27)24-10-7-14-16(4-2-5-17(14)24)23-11-8-21-9-12-23/h1-7,10,21H,8-9,11-13H2,(H,22,25). The molecule has 150 valence electrons. The van der Waals surface area contributed by atoms with Crippen LogP contribution < -0.4 is 20.3 Å². The van der Waals surface area contributed by atoms with Gasteiger partial charge in [-0.05, 0) is 30.3 Å². The second kappa shape index (κ2) is 6.78. The Kier molecular flexibility index (Phi) is 4.21. The van der Waals surface area contributed by atoms with Gasteiger partial charge < -0.3 is 20.3 Å². The summed E-state index contributed by atoms with van der Waals surface area (Å²) in [5, 5.41) is 6.87. The van der Waals surface area contributed by atoms with E-state index in [0.717, 1.165) is 37.3 Å². The summed E-state index contributed by atoms with van der Waals surface area (Å²) in [5.74, 6) is -0.133. The van der Waals surface area contributed by atoms with Crippen molar-refractivity contribution < 1.29 is 17.9 Å². The molecule has 1 amide bonds. The highest BCUT2D eigenvalue weighted by atomic mass is 32.2. The number of para-hydroxylation sites is 1. The number of carbonyl (C=O) groups excluding carboxylic acids is 1. The zero-order valence-corrected chi connectivity index (χ0v) is 16.4. The summed E-state index contributed by atoms with van der Waals surface area (Å²) in [6.45, 7) is 3.33. The molecule has 8 nitrogen and oxygen atoms in total. The van der Waals surface area contributed by atoms with E-state index < -0.39 is 10.0 Å². The third-order valence-electron chi connectivity index (χ3n) is 5.27. The van der Waals surface area contributed by atoms with Crippen LogP contribution in [0.4, 0.5) is 11.4 Å². The third kappa shape index (κ3) is 2.93. The van der Waals surface area contributed by atoms with Crippen molar-refractivity contribution in [3.8, 4) is 5.75 Å². The van der Waals surface area contributed by atoms with Gasteiger partial charge in [-0.3, -0.25) is 4.79 Å². The lowest BCUT2D eigenvalue weighted by atomic mass is 10.2. The number of hydrogen-bond acceptors (Lipinski definition) is 6. The molecule has 1 fully saturated rings. The molecule has 0 spiro atoms. The molecule has 2 aliphatic heterocycles. The predicted molar refractivity (Wildman–Crippen MR) is 110 cm³/mol. The lowest BCUT2D eigenvalue weighted by Crippen LogP contribution is -2.43. The number of nitrogens with one attached hydrogen (secondary N) is 2. The first-order valence-corrected chi connectivity index (χ1v) is 10.9. The topological polar surface area (TPSA) is 92.7 Å². The molecule has 29 heavy (non-hydrogen) atoms. The number of fused-ring (bicyclic) bond motifs is 2. The first kappa shape index (κ1) is 18.0. The Morgan fingerprint density at radius 1 is 1.00 bits per heavy atom. The van der Waals surface area contributed by atoms with Crippen LogP contribution in [0.2, 0.25) is 0 Å². The number of benzene rings is 2. The van der Waals surface area contributed by atoms with Crippen LogP contribution in [0.5, 0.6) is 5.75 Å². The summed E-state index contributed by atoms with van der Waals surface area (Å²) in [7, 11) is -3.92. The molecule has 3 heterocycles. The van der Waals surface area contributed by atoms with Gasteiger partial charge in [-0.25, -0.2) is 12.4 Å². The van der Waals surface area contributed by atoms with Crippen LogP contribution >= 0.6 is 0 Å². The smallest absolute Gasteiger partial charge is 0.271 e. The van der Waals surface area contributed by atoms with E-state index in [1.165, 1.54) is 10.0 Å². The Balaban J connectivity index is 1.63. The first-order valence-electron chi connectivity index (χ1n) is 9.43. The van der Waals surface area contributed by atoms with Crippen LogP contribution in [0.15, 0.2) is 53.6 Å². The quantitative estimate of drug-likeness (QED) is 0.679. The Morgan fingerprint density at radius 3 is 2.62 bits per heavy atom. The lowest BCUT2D eigenvalue weighted by molar-refractivity contribution is -0.118. The van der Waals surface area contributed by atoms with Gasteiger partial charge in [0.1, 0.15) is 4.90 Å². The van der Waals surface area contributed by atoms with Crippen molar-refractivity contribution in [3.05, 3.63) is 48.7 Å². The number of hydrogen-bond donors (Lipinski definition) is 2. The number of nitrogens with zero attached hydrogens (tertiary/aromatic N) is 2. The van der Waals surface area contributed by atoms with Gasteiger partial charge in [0.2, 0.25) is 0 Å². The van der Waals surface area contributed by atoms with E-state index >= 15 is 0 Å². The fourth-order valence-corrected chi connectivity index (χ4v) is 5.42. The molecule has 0 atom stereocenters. The van der Waals surface area contributed by atoms with E-state index in [1.807, 2.05) is 18.2 Å². The molecule has 1 aromatic heterocycles. The highest BCUT2D eigenvalue weighted by Crippen LogP contribution is 2.37. The largest absolute Gasteiger partial charge is 0.480 e. The summed E-state index contributed by atoms with van der Waals surface area (Å²) in [6.07, 6.45) is 1.58. The molecule has 0 bridgehead atoms. The molecule has 3 aromatic rings. The van der Waals surface area contributed by atoms with Crippen molar-refractivity contribution in [2.45, 2.75) is 4.90 Å². The van der Waals surface area contributed by atoms with Crippen molar-refractivity contribution in [2.75, 3.05) is 43.0 Å². The minimum Gasteiger partial charge on any atom is -0.480 e. The summed E-state index contributed by atoms with van der Waals surface area (Å²) < 4.78 is 33.7. The van der Waals surface area contributed by atoms with Gasteiger partial charge in [0.05, 0.1) is 11.2 Å². The van der Waals surface area contributed by atoms with Gasteiger partial charge in [-0.15, -0.1) is 0 Å². The zero-order valence-electron chi connectivity index (χ0n) is 15.6. The third-order valence-corrected chi connectivity index (χ3v) is 6.98. The van der Waals surface area contributed by atoms with E-state index in [-0.39, 0.29) is 23.2 Å². The Labute approximate surface area is 168 Å². The first-order chi connectivity index (χ1) is 14.1. The highest BCUT2D eigenvalue weighted by molar-refractivity contribution is 7.90. The number of amides is 1. The maximum absolute atomic E-state index is 13.5. The predicted octanol–water partition coefficient (Wildman–Crippen LogP) is 1.62. The zero-order chi connectivity index (χ0) is 20.0. The molecule has 9 heteroatoms. The van der Waals surface area contributed by atoms with E-state index in [1.54, 1.807) is 24.4 Å². The molecule has 0 unspecified atom stereocenters. The van der Waals surface area contributed by atoms with Crippen LogP contribution in [-0.4, -0.2) is 51.1 Å². The van der Waals surface area contributed by atoms with Gasteiger partial charge in [-0.2, -0.15) is 0 Å². The van der Waals surface area contributed by atoms with E-state index in [4.69, 9.17) is 4.74 Å². The van der Waals surface area contributed by atoms with Gasteiger partial charge >= 0.3 is 0 Å². The van der Waals surface area contributed by atoms with Crippen LogP contribution in [0.1, 0.15) is 0 Å². The number of piperazine rings is 1. The SMILES string of the molecule is O=C1COc2c(cccc2S(=O)(=O)n2ccc3c(N4CCNCC4)cccc32)N1. The minimum atomic E-state index is -3.92. The number of anilines is 2. The lowest BCUT2D eigenvalue weighted by Gasteiger charge is -2.30. The molecule has 2 aromatic carbocycles. The molecule has 2 aliphatic rings. The minimum absolute atomic E-state index is 0.0278. The molecule has 0 saturated carbocycles. The van der Waals surface area contributed by atoms with Crippen LogP contribution in [0, 0.1) is 0 Å². The van der Waals surface area contributed by atoms with Crippen LogP contribution in [0.3, 0.4) is 0 Å².